The fraction of sp³-hybridized carbons (Fsp3) is 0.600. The van der Waals surface area contributed by atoms with E-state index in [1.807, 2.05) is 0 Å². The molecule has 1 aromatic rings. The zero-order valence-corrected chi connectivity index (χ0v) is 10.5. The van der Waals surface area contributed by atoms with E-state index in [-0.39, 0.29) is 11.4 Å². The van der Waals surface area contributed by atoms with Gasteiger partial charge in [-0.15, -0.1) is 0 Å². The summed E-state index contributed by atoms with van der Waals surface area (Å²) in [5.41, 5.74) is -1.70. The van der Waals surface area contributed by atoms with Gasteiger partial charge in [-0.05, 0) is 12.2 Å². The van der Waals surface area contributed by atoms with E-state index < -0.39 is 35.4 Å². The minimum absolute atomic E-state index is 0.00438. The van der Waals surface area contributed by atoms with Gasteiger partial charge in [-0.2, -0.15) is 4.39 Å². The minimum Gasteiger partial charge on any atom is -0.394 e. The number of nitrogens with one attached hydrogen (secondary N) is 2. The summed E-state index contributed by atoms with van der Waals surface area (Å²) in [5.74, 6) is -0.991. The maximum absolute atomic E-state index is 13.4. The lowest BCUT2D eigenvalue weighted by Gasteiger charge is -2.20. The Morgan fingerprint density at radius 3 is 2.95 bits per heavy atom. The maximum atomic E-state index is 13.4. The van der Waals surface area contributed by atoms with E-state index in [9.17, 15) is 14.3 Å². The number of hydrogen-bond donors (Lipinski definition) is 4. The van der Waals surface area contributed by atoms with E-state index in [0.717, 1.165) is 6.20 Å². The number of nitrogens with zero attached hydrogens (tertiary/aromatic N) is 1. The lowest BCUT2D eigenvalue weighted by Crippen LogP contribution is -2.39. The summed E-state index contributed by atoms with van der Waals surface area (Å²) in [7, 11) is 0. The molecule has 0 aromatic carbocycles. The quantitative estimate of drug-likeness (QED) is 0.395. The van der Waals surface area contributed by atoms with Gasteiger partial charge < -0.3 is 20.3 Å². The number of aromatic nitrogens is 2. The lowest BCUT2D eigenvalue weighted by molar-refractivity contribution is -0.0467. The van der Waals surface area contributed by atoms with Gasteiger partial charge >= 0.3 is 0 Å². The van der Waals surface area contributed by atoms with Crippen molar-refractivity contribution in [3.8, 4) is 0 Å². The summed E-state index contributed by atoms with van der Waals surface area (Å²) in [4.78, 5) is 13.3. The molecule has 3 rings (SSSR count). The predicted molar refractivity (Wildman–Crippen MR) is 63.6 cm³/mol. The first-order valence-corrected chi connectivity index (χ1v) is 6.11. The summed E-state index contributed by atoms with van der Waals surface area (Å²) in [6, 6.07) is 0. The Balaban J connectivity index is 2.06. The number of ether oxygens (including phenoxy) is 1. The predicted octanol–water partition coefficient (Wildman–Crippen LogP) is -1.36. The summed E-state index contributed by atoms with van der Waals surface area (Å²) in [5, 5.41) is 22.2. The van der Waals surface area contributed by atoms with Crippen molar-refractivity contribution >= 4 is 12.2 Å². The van der Waals surface area contributed by atoms with Crippen molar-refractivity contribution in [1.29, 1.82) is 0 Å². The van der Waals surface area contributed by atoms with Crippen LogP contribution in [0.4, 0.5) is 4.39 Å². The molecule has 104 valence electrons. The number of hydrogen-bond acceptors (Lipinski definition) is 6. The first-order chi connectivity index (χ1) is 8.99. The molecule has 3 heterocycles. The molecule has 0 radical (unpaired) electrons. The molecule has 2 aliphatic heterocycles. The highest BCUT2D eigenvalue weighted by molar-refractivity contribution is 7.71. The molecule has 4 N–H and O–H groups in total. The molecule has 7 nitrogen and oxygen atoms in total. The first kappa shape index (κ1) is 12.9. The Morgan fingerprint density at radius 2 is 2.37 bits per heavy atom. The van der Waals surface area contributed by atoms with Gasteiger partial charge in [-0.3, -0.25) is 14.3 Å². The standard InChI is InChI=1S/C10H12FN3O4S/c11-4-1-14(9(19)13-7(4)17)8-10(3-12-10)6(16)5(2-15)18-8/h1,5-6,8,12,15-16H,2-3H2,(H,13,17,19)/t5-,6?,8-,10?/m1/s1. The van der Waals surface area contributed by atoms with Crippen LogP contribution >= 0.6 is 12.2 Å². The molecule has 0 aliphatic carbocycles. The fourth-order valence-electron chi connectivity index (χ4n) is 2.42. The van der Waals surface area contributed by atoms with Crippen LogP contribution in [0, 0.1) is 10.6 Å². The van der Waals surface area contributed by atoms with Crippen LogP contribution in [0.15, 0.2) is 11.0 Å². The molecule has 1 spiro atoms. The van der Waals surface area contributed by atoms with Crippen molar-refractivity contribution in [1.82, 2.24) is 14.9 Å². The van der Waals surface area contributed by atoms with E-state index in [1.54, 1.807) is 0 Å². The average molecular weight is 289 g/mol. The third-order valence-corrected chi connectivity index (χ3v) is 3.88. The Labute approximate surface area is 111 Å². The van der Waals surface area contributed by atoms with Gasteiger partial charge in [0.15, 0.2) is 11.0 Å². The van der Waals surface area contributed by atoms with E-state index in [0.29, 0.717) is 6.54 Å². The van der Waals surface area contributed by atoms with Gasteiger partial charge in [0.1, 0.15) is 17.7 Å². The Morgan fingerprint density at radius 1 is 1.68 bits per heavy atom. The highest BCUT2D eigenvalue weighted by Gasteiger charge is 2.64. The molecule has 19 heavy (non-hydrogen) atoms. The van der Waals surface area contributed by atoms with Crippen LogP contribution in [-0.4, -0.2) is 50.7 Å². The second kappa shape index (κ2) is 4.18. The average Bonchev–Trinajstić information content (AvgIpc) is 3.11. The molecular weight excluding hydrogens is 277 g/mol. The second-order valence-electron chi connectivity index (χ2n) is 4.69. The topological polar surface area (TPSA) is 109 Å². The van der Waals surface area contributed by atoms with Crippen LogP contribution in [0.1, 0.15) is 6.23 Å². The lowest BCUT2D eigenvalue weighted by atomic mass is 10.00. The van der Waals surface area contributed by atoms with Crippen molar-refractivity contribution in [3.63, 3.8) is 0 Å². The first-order valence-electron chi connectivity index (χ1n) is 5.70. The van der Waals surface area contributed by atoms with Crippen LogP contribution in [0.2, 0.25) is 0 Å². The van der Waals surface area contributed by atoms with Gasteiger partial charge in [-0.25, -0.2) is 0 Å². The molecule has 1 aromatic heterocycles. The SMILES string of the molecule is O=c1[nH]c(=S)n([C@@H]2O[C@H](CO)C(O)C23CN3)cc1F. The van der Waals surface area contributed by atoms with Crippen molar-refractivity contribution in [3.05, 3.63) is 27.1 Å². The van der Waals surface area contributed by atoms with Crippen LogP contribution in [0.3, 0.4) is 0 Å². The number of aliphatic hydroxyl groups is 2. The summed E-state index contributed by atoms with van der Waals surface area (Å²) in [6.07, 6.45) is -1.55. The number of H-pyrrole nitrogens is 1. The monoisotopic (exact) mass is 289 g/mol. The van der Waals surface area contributed by atoms with Crippen LogP contribution in [0.25, 0.3) is 0 Å². The molecule has 0 bridgehead atoms. The minimum atomic E-state index is -0.991. The van der Waals surface area contributed by atoms with Crippen molar-refractivity contribution < 1.29 is 19.3 Å². The third kappa shape index (κ3) is 1.77. The zero-order valence-electron chi connectivity index (χ0n) is 9.67. The van der Waals surface area contributed by atoms with Gasteiger partial charge in [0.25, 0.3) is 5.56 Å². The van der Waals surface area contributed by atoms with Crippen molar-refractivity contribution in [2.45, 2.75) is 24.0 Å². The van der Waals surface area contributed by atoms with Gasteiger partial charge in [0.05, 0.1) is 12.8 Å². The Kier molecular flexibility index (Phi) is 2.84. The largest absolute Gasteiger partial charge is 0.394 e. The summed E-state index contributed by atoms with van der Waals surface area (Å²) >= 11 is 4.97. The molecule has 9 heteroatoms. The van der Waals surface area contributed by atoms with Gasteiger partial charge in [-0.1, -0.05) is 0 Å². The second-order valence-corrected chi connectivity index (χ2v) is 5.08. The number of aromatic amines is 1. The molecule has 2 aliphatic rings. The molecule has 4 atom stereocenters. The van der Waals surface area contributed by atoms with Crippen LogP contribution in [-0.2, 0) is 4.74 Å². The van der Waals surface area contributed by atoms with Crippen molar-refractivity contribution in [2.75, 3.05) is 13.2 Å². The summed E-state index contributed by atoms with van der Waals surface area (Å²) in [6.45, 7) is 0.0953. The maximum Gasteiger partial charge on any atom is 0.287 e. The normalized spacial score (nSPS) is 36.9. The third-order valence-electron chi connectivity index (χ3n) is 3.57. The molecule has 0 saturated carbocycles. The van der Waals surface area contributed by atoms with Gasteiger partial charge in [0.2, 0.25) is 5.82 Å². The zero-order chi connectivity index (χ0) is 13.8. The highest BCUT2D eigenvalue weighted by atomic mass is 32.1. The molecule has 2 unspecified atom stereocenters. The van der Waals surface area contributed by atoms with Crippen LogP contribution < -0.4 is 10.9 Å². The highest BCUT2D eigenvalue weighted by Crippen LogP contribution is 2.44. The van der Waals surface area contributed by atoms with E-state index in [2.05, 4.69) is 10.3 Å². The van der Waals surface area contributed by atoms with Crippen molar-refractivity contribution in [2.24, 2.45) is 0 Å². The Hall–Kier alpha value is -1.13. The molecule has 2 saturated heterocycles. The Bertz CT molecular complexity index is 626. The number of halogens is 1. The molecule has 0 amide bonds. The van der Waals surface area contributed by atoms with E-state index >= 15 is 0 Å². The molecular formula is C10H12FN3O4S. The number of aliphatic hydroxyl groups excluding tert-OH is 2. The van der Waals surface area contributed by atoms with E-state index in [4.69, 9.17) is 22.1 Å². The molecule has 2 fully saturated rings. The van der Waals surface area contributed by atoms with Crippen LogP contribution in [0.5, 0.6) is 0 Å². The smallest absolute Gasteiger partial charge is 0.287 e. The van der Waals surface area contributed by atoms with Gasteiger partial charge in [0, 0.05) is 6.54 Å². The summed E-state index contributed by atoms with van der Waals surface area (Å²) < 4.78 is 20.1. The van der Waals surface area contributed by atoms with E-state index in [1.165, 1.54) is 4.57 Å². The number of rotatable bonds is 2. The fourth-order valence-corrected chi connectivity index (χ4v) is 2.66.